The van der Waals surface area contributed by atoms with E-state index in [2.05, 4.69) is 31.2 Å². The van der Waals surface area contributed by atoms with Crippen LogP contribution >= 0.6 is 11.3 Å². The van der Waals surface area contributed by atoms with Crippen molar-refractivity contribution >= 4 is 33.1 Å². The average Bonchev–Trinajstić information content (AvgIpc) is 3.51. The number of rotatable bonds is 3. The minimum absolute atomic E-state index is 0.222. The summed E-state index contributed by atoms with van der Waals surface area (Å²) in [6, 6.07) is 19.2. The van der Waals surface area contributed by atoms with Crippen molar-refractivity contribution in [2.24, 2.45) is 0 Å². The van der Waals surface area contributed by atoms with Crippen molar-refractivity contribution in [3.05, 3.63) is 78.2 Å². The van der Waals surface area contributed by atoms with Gasteiger partial charge in [0.2, 0.25) is 0 Å². The zero-order valence-corrected chi connectivity index (χ0v) is 16.4. The van der Waals surface area contributed by atoms with E-state index in [-0.39, 0.29) is 5.13 Å². The number of nitrogens with one attached hydrogen (secondary N) is 2. The van der Waals surface area contributed by atoms with Gasteiger partial charge in [-0.2, -0.15) is 9.49 Å². The van der Waals surface area contributed by atoms with Crippen LogP contribution in [0.4, 0.5) is 4.39 Å². The van der Waals surface area contributed by atoms with Crippen LogP contribution < -0.4 is 0 Å². The van der Waals surface area contributed by atoms with Crippen LogP contribution in [-0.4, -0.2) is 25.1 Å². The Kier molecular flexibility index (Phi) is 3.75. The minimum atomic E-state index is -0.222. The van der Waals surface area contributed by atoms with Gasteiger partial charge in [0.05, 0.1) is 27.5 Å². The molecule has 0 atom stereocenters. The van der Waals surface area contributed by atoms with E-state index in [0.717, 1.165) is 66.4 Å². The summed E-state index contributed by atoms with van der Waals surface area (Å²) in [4.78, 5) is 13.2. The van der Waals surface area contributed by atoms with Gasteiger partial charge in [-0.15, -0.1) is 11.3 Å². The Morgan fingerprint density at radius 3 is 2.57 bits per heavy atom. The van der Waals surface area contributed by atoms with Gasteiger partial charge >= 0.3 is 0 Å². The van der Waals surface area contributed by atoms with Crippen LogP contribution in [0.5, 0.6) is 0 Å². The summed E-state index contributed by atoms with van der Waals surface area (Å²) in [6.45, 7) is 0. The lowest BCUT2D eigenvalue weighted by Gasteiger charge is -2.01. The van der Waals surface area contributed by atoms with Crippen LogP contribution in [-0.2, 0) is 0 Å². The highest BCUT2D eigenvalue weighted by atomic mass is 32.1. The SMILES string of the molecule is Fc1ccc(-c2nccc3[nH]c(-c4n[nH]c5ccc(-c6ccccn6)cc45)cc23)s1. The highest BCUT2D eigenvalue weighted by Gasteiger charge is 2.15. The molecule has 144 valence electrons. The predicted octanol–water partition coefficient (Wildman–Crippen LogP) is 6.04. The molecular formula is C23H14FN5S. The molecule has 7 heteroatoms. The summed E-state index contributed by atoms with van der Waals surface area (Å²) in [6.07, 6.45) is 3.52. The molecule has 5 heterocycles. The van der Waals surface area contributed by atoms with Gasteiger partial charge in [-0.05, 0) is 48.5 Å². The second-order valence-electron chi connectivity index (χ2n) is 6.96. The molecule has 1 aromatic carbocycles. The van der Waals surface area contributed by atoms with Gasteiger partial charge < -0.3 is 4.98 Å². The van der Waals surface area contributed by atoms with E-state index in [4.69, 9.17) is 0 Å². The Morgan fingerprint density at radius 1 is 0.800 bits per heavy atom. The van der Waals surface area contributed by atoms with Gasteiger partial charge in [-0.25, -0.2) is 0 Å². The summed E-state index contributed by atoms with van der Waals surface area (Å²) >= 11 is 1.09. The number of H-pyrrole nitrogens is 2. The smallest absolute Gasteiger partial charge is 0.177 e. The zero-order valence-electron chi connectivity index (χ0n) is 15.6. The topological polar surface area (TPSA) is 70.2 Å². The molecule has 0 fully saturated rings. The standard InChI is InChI=1S/C23H14FN5S/c24-21-7-6-20(30-21)23-15-12-19(27-17(15)8-10-26-23)22-14-11-13(4-5-18(14)28-29-22)16-3-1-2-9-25-16/h1-12,27H,(H,28,29). The lowest BCUT2D eigenvalue weighted by atomic mass is 10.1. The zero-order chi connectivity index (χ0) is 20.1. The van der Waals surface area contributed by atoms with Crippen LogP contribution in [0.15, 0.2) is 73.1 Å². The Morgan fingerprint density at radius 2 is 1.73 bits per heavy atom. The fourth-order valence-electron chi connectivity index (χ4n) is 3.73. The Labute approximate surface area is 174 Å². The largest absolute Gasteiger partial charge is 0.353 e. The van der Waals surface area contributed by atoms with Crippen molar-refractivity contribution in [3.8, 4) is 33.2 Å². The quantitative estimate of drug-likeness (QED) is 0.373. The fraction of sp³-hybridized carbons (Fsp3) is 0. The first kappa shape index (κ1) is 17.1. The third kappa shape index (κ3) is 2.71. The number of thiophene rings is 1. The number of hydrogen-bond donors (Lipinski definition) is 2. The van der Waals surface area contributed by atoms with Crippen LogP contribution in [0.3, 0.4) is 0 Å². The number of aromatic amines is 2. The number of fused-ring (bicyclic) bond motifs is 2. The van der Waals surface area contributed by atoms with Crippen molar-refractivity contribution in [1.29, 1.82) is 0 Å². The van der Waals surface area contributed by atoms with E-state index in [1.807, 2.05) is 42.5 Å². The first-order valence-corrected chi connectivity index (χ1v) is 10.2. The van der Waals surface area contributed by atoms with Gasteiger partial charge in [-0.3, -0.25) is 15.1 Å². The molecule has 0 saturated carbocycles. The minimum Gasteiger partial charge on any atom is -0.353 e. The molecular weight excluding hydrogens is 397 g/mol. The van der Waals surface area contributed by atoms with Crippen LogP contribution in [0.2, 0.25) is 0 Å². The van der Waals surface area contributed by atoms with Gasteiger partial charge in [0.25, 0.3) is 0 Å². The molecule has 6 rings (SSSR count). The summed E-state index contributed by atoms with van der Waals surface area (Å²) in [5.41, 5.74) is 6.27. The van der Waals surface area contributed by atoms with Crippen molar-refractivity contribution in [1.82, 2.24) is 25.1 Å². The predicted molar refractivity (Wildman–Crippen MR) is 118 cm³/mol. The number of nitrogens with zero attached hydrogens (tertiary/aromatic N) is 3. The Bertz CT molecular complexity index is 1510. The van der Waals surface area contributed by atoms with Gasteiger partial charge in [-0.1, -0.05) is 12.1 Å². The maximum absolute atomic E-state index is 13.6. The highest BCUT2D eigenvalue weighted by Crippen LogP contribution is 2.35. The second kappa shape index (κ2) is 6.60. The van der Waals surface area contributed by atoms with Gasteiger partial charge in [0.1, 0.15) is 5.69 Å². The monoisotopic (exact) mass is 411 g/mol. The fourth-order valence-corrected chi connectivity index (χ4v) is 4.47. The van der Waals surface area contributed by atoms with E-state index in [1.54, 1.807) is 18.5 Å². The second-order valence-corrected chi connectivity index (χ2v) is 7.99. The summed E-state index contributed by atoms with van der Waals surface area (Å²) in [5, 5.41) is 9.37. The molecule has 5 nitrogen and oxygen atoms in total. The van der Waals surface area contributed by atoms with E-state index < -0.39 is 0 Å². The van der Waals surface area contributed by atoms with Gasteiger partial charge in [0, 0.05) is 34.2 Å². The highest BCUT2D eigenvalue weighted by molar-refractivity contribution is 7.13. The molecule has 30 heavy (non-hydrogen) atoms. The first-order chi connectivity index (χ1) is 14.8. The normalized spacial score (nSPS) is 11.5. The average molecular weight is 411 g/mol. The number of hydrogen-bond acceptors (Lipinski definition) is 4. The maximum Gasteiger partial charge on any atom is 0.177 e. The number of halogens is 1. The third-order valence-corrected chi connectivity index (χ3v) is 6.01. The van der Waals surface area contributed by atoms with Crippen molar-refractivity contribution in [2.45, 2.75) is 0 Å². The van der Waals surface area contributed by atoms with E-state index in [9.17, 15) is 4.39 Å². The Balaban J connectivity index is 1.52. The molecule has 0 unspecified atom stereocenters. The molecule has 5 aromatic heterocycles. The molecule has 0 bridgehead atoms. The number of aromatic nitrogens is 5. The third-order valence-electron chi connectivity index (χ3n) is 5.13. The van der Waals surface area contributed by atoms with E-state index in [0.29, 0.717) is 0 Å². The number of benzene rings is 1. The molecule has 0 aliphatic rings. The summed E-state index contributed by atoms with van der Waals surface area (Å²) < 4.78 is 13.6. The molecule has 0 spiro atoms. The molecule has 0 aliphatic heterocycles. The molecule has 2 N–H and O–H groups in total. The van der Waals surface area contributed by atoms with Crippen LogP contribution in [0.1, 0.15) is 0 Å². The van der Waals surface area contributed by atoms with Crippen LogP contribution in [0, 0.1) is 5.13 Å². The van der Waals surface area contributed by atoms with Gasteiger partial charge in [0.15, 0.2) is 5.13 Å². The molecule has 6 aromatic rings. The molecule has 0 aliphatic carbocycles. The molecule has 0 amide bonds. The van der Waals surface area contributed by atoms with E-state index in [1.165, 1.54) is 6.07 Å². The van der Waals surface area contributed by atoms with Crippen molar-refractivity contribution in [3.63, 3.8) is 0 Å². The summed E-state index contributed by atoms with van der Waals surface area (Å²) in [5.74, 6) is 0. The van der Waals surface area contributed by atoms with Crippen molar-refractivity contribution in [2.75, 3.05) is 0 Å². The van der Waals surface area contributed by atoms with Crippen molar-refractivity contribution < 1.29 is 4.39 Å². The lowest BCUT2D eigenvalue weighted by molar-refractivity contribution is 0.657. The molecule has 0 radical (unpaired) electrons. The van der Waals surface area contributed by atoms with Crippen LogP contribution in [0.25, 0.3) is 55.0 Å². The molecule has 0 saturated heterocycles. The van der Waals surface area contributed by atoms with E-state index >= 15 is 0 Å². The summed E-state index contributed by atoms with van der Waals surface area (Å²) in [7, 11) is 0. The Hall–Kier alpha value is -3.84. The lowest BCUT2D eigenvalue weighted by Crippen LogP contribution is -1.82. The first-order valence-electron chi connectivity index (χ1n) is 9.39. The number of pyridine rings is 2. The maximum atomic E-state index is 13.6.